The van der Waals surface area contributed by atoms with Crippen molar-refractivity contribution in [3.63, 3.8) is 0 Å². The minimum Gasteiger partial charge on any atom is -0.373 e. The number of benzene rings is 1. The first-order valence-electron chi connectivity index (χ1n) is 8.06. The summed E-state index contributed by atoms with van der Waals surface area (Å²) in [5.41, 5.74) is 3.66. The highest BCUT2D eigenvalue weighted by atomic mass is 16.5. The van der Waals surface area contributed by atoms with Gasteiger partial charge in [-0.3, -0.25) is 9.78 Å². The number of hydrogen-bond donors (Lipinski definition) is 0. The Labute approximate surface area is 137 Å². The van der Waals surface area contributed by atoms with Crippen molar-refractivity contribution in [2.24, 2.45) is 0 Å². The number of rotatable bonds is 5. The zero-order valence-corrected chi connectivity index (χ0v) is 13.4. The van der Waals surface area contributed by atoms with Crippen molar-refractivity contribution in [1.82, 2.24) is 9.88 Å². The second-order valence-electron chi connectivity index (χ2n) is 5.93. The van der Waals surface area contributed by atoms with Crippen LogP contribution in [0.15, 0.2) is 48.8 Å². The molecule has 1 atom stereocenters. The van der Waals surface area contributed by atoms with E-state index >= 15 is 0 Å². The van der Waals surface area contributed by atoms with Gasteiger partial charge in [0.15, 0.2) is 0 Å². The van der Waals surface area contributed by atoms with Crippen molar-refractivity contribution in [2.75, 3.05) is 20.2 Å². The predicted octanol–water partition coefficient (Wildman–Crippen LogP) is 2.79. The predicted molar refractivity (Wildman–Crippen MR) is 89.0 cm³/mol. The molecular weight excluding hydrogens is 288 g/mol. The van der Waals surface area contributed by atoms with Crippen LogP contribution in [0.1, 0.15) is 29.2 Å². The molecule has 1 aliphatic rings. The summed E-state index contributed by atoms with van der Waals surface area (Å²) < 4.78 is 5.83. The van der Waals surface area contributed by atoms with E-state index in [4.69, 9.17) is 4.74 Å². The quantitative estimate of drug-likeness (QED) is 0.853. The van der Waals surface area contributed by atoms with Gasteiger partial charge in [-0.1, -0.05) is 24.3 Å². The van der Waals surface area contributed by atoms with Crippen LogP contribution in [0.5, 0.6) is 0 Å². The Kier molecular flexibility index (Phi) is 5.03. The SMILES string of the molecule is CN(CCc1ccncc1)C(=O)C[C@H]1OCCc2ccccc21. The fourth-order valence-electron chi connectivity index (χ4n) is 2.93. The lowest BCUT2D eigenvalue weighted by molar-refractivity contribution is -0.133. The van der Waals surface area contributed by atoms with E-state index in [1.165, 1.54) is 11.1 Å². The molecule has 1 amide bonds. The van der Waals surface area contributed by atoms with Crippen molar-refractivity contribution in [3.05, 3.63) is 65.5 Å². The molecule has 2 aromatic rings. The van der Waals surface area contributed by atoms with Gasteiger partial charge in [-0.25, -0.2) is 0 Å². The summed E-state index contributed by atoms with van der Waals surface area (Å²) in [6.07, 6.45) is 5.62. The summed E-state index contributed by atoms with van der Waals surface area (Å²) in [4.78, 5) is 18.3. The second-order valence-corrected chi connectivity index (χ2v) is 5.93. The number of pyridine rings is 1. The smallest absolute Gasteiger partial charge is 0.225 e. The van der Waals surface area contributed by atoms with Crippen molar-refractivity contribution in [2.45, 2.75) is 25.4 Å². The largest absolute Gasteiger partial charge is 0.373 e. The molecule has 2 heterocycles. The minimum absolute atomic E-state index is 0.115. The average molecular weight is 310 g/mol. The molecule has 0 saturated carbocycles. The molecular formula is C19H22N2O2. The maximum atomic E-state index is 12.5. The molecule has 23 heavy (non-hydrogen) atoms. The Bertz CT molecular complexity index is 657. The standard InChI is InChI=1S/C19H22N2O2/c1-21(12-8-15-6-10-20-11-7-15)19(22)14-18-17-5-3-2-4-16(17)9-13-23-18/h2-7,10-11,18H,8-9,12-14H2,1H3/t18-/m1/s1. The third-order valence-corrected chi connectivity index (χ3v) is 4.36. The van der Waals surface area contributed by atoms with Crippen LogP contribution in [0, 0.1) is 0 Å². The number of carbonyl (C=O) groups is 1. The summed E-state index contributed by atoms with van der Waals surface area (Å²) in [6, 6.07) is 12.2. The van der Waals surface area contributed by atoms with Crippen molar-refractivity contribution >= 4 is 5.91 Å². The second kappa shape index (κ2) is 7.38. The highest BCUT2D eigenvalue weighted by Crippen LogP contribution is 2.29. The lowest BCUT2D eigenvalue weighted by Gasteiger charge is -2.27. The molecule has 1 aromatic heterocycles. The molecule has 0 saturated heterocycles. The average Bonchev–Trinajstić information content (AvgIpc) is 2.61. The van der Waals surface area contributed by atoms with Crippen molar-refractivity contribution in [1.29, 1.82) is 0 Å². The zero-order valence-electron chi connectivity index (χ0n) is 13.4. The van der Waals surface area contributed by atoms with Gasteiger partial charge >= 0.3 is 0 Å². The van der Waals surface area contributed by atoms with E-state index in [0.717, 1.165) is 18.4 Å². The molecule has 0 spiro atoms. The monoisotopic (exact) mass is 310 g/mol. The highest BCUT2D eigenvalue weighted by molar-refractivity contribution is 5.76. The number of fused-ring (bicyclic) bond motifs is 1. The van der Waals surface area contributed by atoms with Crippen LogP contribution in [-0.2, 0) is 22.4 Å². The zero-order chi connectivity index (χ0) is 16.1. The molecule has 0 aliphatic carbocycles. The molecule has 3 rings (SSSR count). The van der Waals surface area contributed by atoms with Crippen molar-refractivity contribution in [3.8, 4) is 0 Å². The summed E-state index contributed by atoms with van der Waals surface area (Å²) in [5, 5.41) is 0. The fraction of sp³-hybridized carbons (Fsp3) is 0.368. The Balaban J connectivity index is 1.57. The van der Waals surface area contributed by atoms with Crippen LogP contribution < -0.4 is 0 Å². The van der Waals surface area contributed by atoms with Crippen LogP contribution in [-0.4, -0.2) is 36.0 Å². The Hall–Kier alpha value is -2.20. The van der Waals surface area contributed by atoms with E-state index < -0.39 is 0 Å². The first-order valence-corrected chi connectivity index (χ1v) is 8.06. The van der Waals surface area contributed by atoms with Gasteiger partial charge in [0.1, 0.15) is 0 Å². The fourth-order valence-corrected chi connectivity index (χ4v) is 2.93. The Morgan fingerprint density at radius 2 is 2.04 bits per heavy atom. The topological polar surface area (TPSA) is 42.4 Å². The lowest BCUT2D eigenvalue weighted by Crippen LogP contribution is -2.31. The molecule has 0 N–H and O–H groups in total. The normalized spacial score (nSPS) is 16.7. The molecule has 0 radical (unpaired) electrons. The summed E-state index contributed by atoms with van der Waals surface area (Å²) in [7, 11) is 1.86. The number of aromatic nitrogens is 1. The summed E-state index contributed by atoms with van der Waals surface area (Å²) >= 11 is 0. The summed E-state index contributed by atoms with van der Waals surface area (Å²) in [5.74, 6) is 0.126. The molecule has 0 fully saturated rings. The van der Waals surface area contributed by atoms with Crippen LogP contribution >= 0.6 is 0 Å². The highest BCUT2D eigenvalue weighted by Gasteiger charge is 2.24. The molecule has 1 aromatic carbocycles. The third kappa shape index (κ3) is 3.96. The molecule has 1 aliphatic heterocycles. The lowest BCUT2D eigenvalue weighted by atomic mass is 9.95. The van der Waals surface area contributed by atoms with Gasteiger partial charge in [-0.15, -0.1) is 0 Å². The van der Waals surface area contributed by atoms with Gasteiger partial charge in [0.2, 0.25) is 5.91 Å². The first-order chi connectivity index (χ1) is 11.2. The van der Waals surface area contributed by atoms with Crippen LogP contribution in [0.2, 0.25) is 0 Å². The molecule has 4 heteroatoms. The van der Waals surface area contributed by atoms with Gasteiger partial charge in [-0.05, 0) is 41.7 Å². The number of carbonyl (C=O) groups excluding carboxylic acids is 1. The molecule has 0 bridgehead atoms. The maximum Gasteiger partial charge on any atom is 0.225 e. The van der Waals surface area contributed by atoms with E-state index in [1.54, 1.807) is 17.3 Å². The van der Waals surface area contributed by atoms with Crippen LogP contribution in [0.4, 0.5) is 0 Å². The maximum absolute atomic E-state index is 12.5. The Morgan fingerprint density at radius 3 is 2.87 bits per heavy atom. The van der Waals surface area contributed by atoms with Gasteiger partial charge < -0.3 is 9.64 Å². The number of hydrogen-bond acceptors (Lipinski definition) is 3. The van der Waals surface area contributed by atoms with E-state index in [0.29, 0.717) is 19.6 Å². The van der Waals surface area contributed by atoms with E-state index in [2.05, 4.69) is 17.1 Å². The molecule has 0 unspecified atom stereocenters. The number of amides is 1. The summed E-state index contributed by atoms with van der Waals surface area (Å²) in [6.45, 7) is 1.40. The number of nitrogens with zero attached hydrogens (tertiary/aromatic N) is 2. The van der Waals surface area contributed by atoms with Gasteiger partial charge in [0.05, 0.1) is 19.1 Å². The third-order valence-electron chi connectivity index (χ3n) is 4.36. The first kappa shape index (κ1) is 15.7. The van der Waals surface area contributed by atoms with E-state index in [-0.39, 0.29) is 12.0 Å². The van der Waals surface area contributed by atoms with E-state index in [9.17, 15) is 4.79 Å². The van der Waals surface area contributed by atoms with E-state index in [1.807, 2.05) is 31.3 Å². The van der Waals surface area contributed by atoms with Gasteiger partial charge in [0.25, 0.3) is 0 Å². The van der Waals surface area contributed by atoms with Gasteiger partial charge in [0, 0.05) is 26.0 Å². The minimum atomic E-state index is -0.115. The number of likely N-dealkylation sites (N-methyl/N-ethyl adjacent to an activating group) is 1. The Morgan fingerprint density at radius 1 is 1.26 bits per heavy atom. The molecule has 120 valence electrons. The number of ether oxygens (including phenoxy) is 1. The van der Waals surface area contributed by atoms with Gasteiger partial charge in [-0.2, -0.15) is 0 Å². The van der Waals surface area contributed by atoms with Crippen molar-refractivity contribution < 1.29 is 9.53 Å². The molecule has 4 nitrogen and oxygen atoms in total. The van der Waals surface area contributed by atoms with Crippen LogP contribution in [0.25, 0.3) is 0 Å². The van der Waals surface area contributed by atoms with Crippen LogP contribution in [0.3, 0.4) is 0 Å².